The van der Waals surface area contributed by atoms with Crippen molar-refractivity contribution in [2.45, 2.75) is 25.5 Å². The predicted octanol–water partition coefficient (Wildman–Crippen LogP) is 4.45. The molecule has 0 aliphatic carbocycles. The Bertz CT molecular complexity index is 654. The molecular formula is C19H23N3OS. The lowest BCUT2D eigenvalue weighted by Gasteiger charge is -2.04. The van der Waals surface area contributed by atoms with Crippen molar-refractivity contribution in [2.24, 2.45) is 15.9 Å². The lowest BCUT2D eigenvalue weighted by atomic mass is 10.2. The molecule has 24 heavy (non-hydrogen) atoms. The first-order valence-electron chi connectivity index (χ1n) is 8.04. The van der Waals surface area contributed by atoms with Gasteiger partial charge in [-0.05, 0) is 41.8 Å². The summed E-state index contributed by atoms with van der Waals surface area (Å²) in [5, 5.41) is 8.50. The molecule has 0 spiro atoms. The van der Waals surface area contributed by atoms with E-state index in [1.165, 1.54) is 17.3 Å². The molecule has 0 aliphatic heterocycles. The van der Waals surface area contributed by atoms with Crippen LogP contribution in [-0.4, -0.2) is 18.0 Å². The van der Waals surface area contributed by atoms with Gasteiger partial charge in [0, 0.05) is 5.75 Å². The highest BCUT2D eigenvalue weighted by molar-refractivity contribution is 8.13. The minimum atomic E-state index is 0.453. The molecule has 2 aromatic carbocycles. The number of unbranched alkanes of at least 4 members (excludes halogenated alkanes) is 1. The van der Waals surface area contributed by atoms with Gasteiger partial charge in [0.05, 0.1) is 12.8 Å². The van der Waals surface area contributed by atoms with Gasteiger partial charge in [0.2, 0.25) is 0 Å². The summed E-state index contributed by atoms with van der Waals surface area (Å²) in [7, 11) is 0. The minimum absolute atomic E-state index is 0.453. The first kappa shape index (κ1) is 18.1. The zero-order valence-electron chi connectivity index (χ0n) is 13.9. The highest BCUT2D eigenvalue weighted by atomic mass is 32.2. The zero-order valence-corrected chi connectivity index (χ0v) is 14.7. The molecule has 4 nitrogen and oxygen atoms in total. The molecule has 0 bridgehead atoms. The molecule has 5 heteroatoms. The van der Waals surface area contributed by atoms with E-state index in [0.29, 0.717) is 5.17 Å². The number of amidine groups is 1. The molecule has 2 N–H and O–H groups in total. The number of thioether (sulfide) groups is 1. The maximum atomic E-state index is 5.86. The zero-order chi connectivity index (χ0) is 17.0. The van der Waals surface area contributed by atoms with Crippen LogP contribution in [0, 0.1) is 0 Å². The summed E-state index contributed by atoms with van der Waals surface area (Å²) in [4.78, 5) is 0. The van der Waals surface area contributed by atoms with Crippen molar-refractivity contribution in [3.05, 3.63) is 65.7 Å². The van der Waals surface area contributed by atoms with Crippen LogP contribution >= 0.6 is 11.8 Å². The fourth-order valence-electron chi connectivity index (χ4n) is 1.90. The second-order valence-electron chi connectivity index (χ2n) is 5.23. The number of rotatable bonds is 8. The Kier molecular flexibility index (Phi) is 7.90. The Balaban J connectivity index is 1.79. The van der Waals surface area contributed by atoms with Gasteiger partial charge in [-0.1, -0.05) is 55.4 Å². The molecule has 0 radical (unpaired) electrons. The normalized spacial score (nSPS) is 11.8. The van der Waals surface area contributed by atoms with Crippen LogP contribution in [0.4, 0.5) is 0 Å². The first-order valence-corrected chi connectivity index (χ1v) is 9.02. The van der Waals surface area contributed by atoms with Crippen molar-refractivity contribution in [3.63, 3.8) is 0 Å². The molecule has 0 heterocycles. The first-order chi connectivity index (χ1) is 11.8. The average Bonchev–Trinajstić information content (AvgIpc) is 2.62. The van der Waals surface area contributed by atoms with Crippen molar-refractivity contribution in [1.82, 2.24) is 0 Å². The van der Waals surface area contributed by atoms with Crippen molar-refractivity contribution in [1.29, 1.82) is 0 Å². The van der Waals surface area contributed by atoms with Gasteiger partial charge in [-0.2, -0.15) is 5.10 Å². The van der Waals surface area contributed by atoms with Crippen LogP contribution in [0.15, 0.2) is 64.8 Å². The SMILES string of the molecule is CCCCOc1ccc(C=NN=C(N)SCc2ccccc2)cc1. The molecule has 0 unspecified atom stereocenters. The molecule has 0 aromatic heterocycles. The standard InChI is InChI=1S/C19H23N3OS/c1-2-3-13-23-18-11-9-16(10-12-18)14-21-22-19(20)24-15-17-7-5-4-6-8-17/h4-12,14H,2-3,13,15H2,1H3,(H2,20,22). The fraction of sp³-hybridized carbons (Fsp3) is 0.263. The van der Waals surface area contributed by atoms with Crippen LogP contribution in [0.1, 0.15) is 30.9 Å². The number of hydrogen-bond acceptors (Lipinski definition) is 4. The second-order valence-corrected chi connectivity index (χ2v) is 6.22. The summed E-state index contributed by atoms with van der Waals surface area (Å²) in [6, 6.07) is 17.9. The Labute approximate surface area is 147 Å². The van der Waals surface area contributed by atoms with Gasteiger partial charge in [0.1, 0.15) is 5.75 Å². The third kappa shape index (κ3) is 6.87. The van der Waals surface area contributed by atoms with Gasteiger partial charge in [-0.25, -0.2) is 0 Å². The van der Waals surface area contributed by atoms with Gasteiger partial charge in [0.15, 0.2) is 5.17 Å². The Morgan fingerprint density at radius 2 is 1.88 bits per heavy atom. The van der Waals surface area contributed by atoms with Crippen LogP contribution in [0.3, 0.4) is 0 Å². The van der Waals surface area contributed by atoms with E-state index >= 15 is 0 Å². The smallest absolute Gasteiger partial charge is 0.180 e. The van der Waals surface area contributed by atoms with Gasteiger partial charge >= 0.3 is 0 Å². The van der Waals surface area contributed by atoms with Gasteiger partial charge < -0.3 is 10.5 Å². The van der Waals surface area contributed by atoms with E-state index in [2.05, 4.69) is 29.3 Å². The van der Waals surface area contributed by atoms with Crippen LogP contribution in [-0.2, 0) is 5.75 Å². The third-order valence-corrected chi connectivity index (χ3v) is 4.09. The highest BCUT2D eigenvalue weighted by Crippen LogP contribution is 2.13. The van der Waals surface area contributed by atoms with E-state index in [1.54, 1.807) is 6.21 Å². The molecular weight excluding hydrogens is 318 g/mol. The molecule has 0 saturated heterocycles. The van der Waals surface area contributed by atoms with E-state index in [9.17, 15) is 0 Å². The van der Waals surface area contributed by atoms with Crippen molar-refractivity contribution in [3.8, 4) is 5.75 Å². The monoisotopic (exact) mass is 341 g/mol. The summed E-state index contributed by atoms with van der Waals surface area (Å²) >= 11 is 1.47. The quantitative estimate of drug-likeness (QED) is 0.334. The molecule has 0 atom stereocenters. The molecule has 0 saturated carbocycles. The van der Waals surface area contributed by atoms with Gasteiger partial charge in [-0.15, -0.1) is 5.10 Å². The lowest BCUT2D eigenvalue weighted by Crippen LogP contribution is -2.05. The van der Waals surface area contributed by atoms with Crippen LogP contribution in [0.5, 0.6) is 5.75 Å². The maximum absolute atomic E-state index is 5.86. The van der Waals surface area contributed by atoms with Crippen molar-refractivity contribution in [2.75, 3.05) is 6.61 Å². The maximum Gasteiger partial charge on any atom is 0.180 e. The largest absolute Gasteiger partial charge is 0.494 e. The summed E-state index contributed by atoms with van der Waals surface area (Å²) in [6.45, 7) is 2.90. The van der Waals surface area contributed by atoms with Crippen molar-refractivity contribution >= 4 is 23.1 Å². The van der Waals surface area contributed by atoms with E-state index in [1.807, 2.05) is 42.5 Å². The van der Waals surface area contributed by atoms with E-state index in [-0.39, 0.29) is 0 Å². The summed E-state index contributed by atoms with van der Waals surface area (Å²) in [5.41, 5.74) is 8.03. The molecule has 0 amide bonds. The highest BCUT2D eigenvalue weighted by Gasteiger charge is 1.96. The van der Waals surface area contributed by atoms with E-state index in [4.69, 9.17) is 10.5 Å². The number of hydrogen-bond donors (Lipinski definition) is 1. The summed E-state index contributed by atoms with van der Waals surface area (Å²) in [5.74, 6) is 1.66. The Morgan fingerprint density at radius 3 is 2.58 bits per heavy atom. The van der Waals surface area contributed by atoms with Crippen LogP contribution in [0.2, 0.25) is 0 Å². The molecule has 0 fully saturated rings. The predicted molar refractivity (Wildman–Crippen MR) is 104 cm³/mol. The Hall–Kier alpha value is -2.27. The summed E-state index contributed by atoms with van der Waals surface area (Å²) < 4.78 is 5.62. The van der Waals surface area contributed by atoms with Gasteiger partial charge in [0.25, 0.3) is 0 Å². The lowest BCUT2D eigenvalue weighted by molar-refractivity contribution is 0.309. The molecule has 126 valence electrons. The number of nitrogens with two attached hydrogens (primary N) is 1. The second kappa shape index (κ2) is 10.5. The van der Waals surface area contributed by atoms with E-state index < -0.39 is 0 Å². The summed E-state index contributed by atoms with van der Waals surface area (Å²) in [6.07, 6.45) is 3.88. The minimum Gasteiger partial charge on any atom is -0.494 e. The van der Waals surface area contributed by atoms with E-state index in [0.717, 1.165) is 36.5 Å². The molecule has 2 aromatic rings. The molecule has 0 aliphatic rings. The third-order valence-electron chi connectivity index (χ3n) is 3.24. The topological polar surface area (TPSA) is 60.0 Å². The van der Waals surface area contributed by atoms with Crippen LogP contribution < -0.4 is 10.5 Å². The van der Waals surface area contributed by atoms with Crippen molar-refractivity contribution < 1.29 is 4.74 Å². The average molecular weight is 341 g/mol. The fourth-order valence-corrected chi connectivity index (χ4v) is 2.51. The number of benzene rings is 2. The number of nitrogens with zero attached hydrogens (tertiary/aromatic N) is 2. The van der Waals surface area contributed by atoms with Crippen LogP contribution in [0.25, 0.3) is 0 Å². The molecule has 2 rings (SSSR count). The van der Waals surface area contributed by atoms with Gasteiger partial charge in [-0.3, -0.25) is 0 Å². The Morgan fingerprint density at radius 1 is 1.12 bits per heavy atom. The number of ether oxygens (including phenoxy) is 1.